The van der Waals surface area contributed by atoms with Crippen LogP contribution < -0.4 is 5.84 Å². The zero-order valence-electron chi connectivity index (χ0n) is 16.6. The smallest absolute Gasteiger partial charge is 0.194 e. The number of hydrazone groups is 1. The Kier molecular flexibility index (Phi) is 8.62. The highest BCUT2D eigenvalue weighted by Gasteiger charge is 2.44. The highest BCUT2D eigenvalue weighted by atomic mass is 35.5. The number of hydrogen-bond donors (Lipinski definition) is 4. The Morgan fingerprint density at radius 3 is 2.21 bits per heavy atom. The van der Waals surface area contributed by atoms with Gasteiger partial charge >= 0.3 is 0 Å². The van der Waals surface area contributed by atoms with E-state index >= 15 is 0 Å². The number of nitrogens with zero attached hydrogens (tertiary/aromatic N) is 2. The third kappa shape index (κ3) is 5.99. The Bertz CT molecular complexity index is 1040. The minimum Gasteiger partial charge on any atom is -0.394 e. The Morgan fingerprint density at radius 2 is 1.67 bits per heavy atom. The average molecular weight is 524 g/mol. The van der Waals surface area contributed by atoms with E-state index in [1.165, 1.54) is 6.07 Å². The van der Waals surface area contributed by atoms with E-state index in [0.29, 0.717) is 27.1 Å². The van der Waals surface area contributed by atoms with Crippen LogP contribution in [-0.4, -0.2) is 63.6 Å². The Hall–Kier alpha value is -1.86. The fourth-order valence-corrected chi connectivity index (χ4v) is 4.93. The van der Waals surface area contributed by atoms with E-state index in [2.05, 4.69) is 10.1 Å². The molecule has 1 heterocycles. The van der Waals surface area contributed by atoms with Gasteiger partial charge in [0.25, 0.3) is 0 Å². The second-order valence-electron chi connectivity index (χ2n) is 6.97. The molecule has 33 heavy (non-hydrogen) atoms. The van der Waals surface area contributed by atoms with Crippen LogP contribution in [0.4, 0.5) is 13.2 Å². The van der Waals surface area contributed by atoms with Crippen LogP contribution >= 0.6 is 35.0 Å². The largest absolute Gasteiger partial charge is 0.394 e. The van der Waals surface area contributed by atoms with E-state index in [-0.39, 0.29) is 11.3 Å². The summed E-state index contributed by atoms with van der Waals surface area (Å²) < 4.78 is 46.0. The molecule has 1 aliphatic heterocycles. The second-order valence-corrected chi connectivity index (χ2v) is 9.01. The summed E-state index contributed by atoms with van der Waals surface area (Å²) in [6.45, 7) is -0.584. The normalized spacial score (nSPS) is 26.2. The van der Waals surface area contributed by atoms with Crippen molar-refractivity contribution < 1.29 is 33.2 Å². The van der Waals surface area contributed by atoms with Gasteiger partial charge in [0.2, 0.25) is 0 Å². The number of ether oxygens (including phenoxy) is 1. The number of thioether (sulfide) groups is 1. The lowest BCUT2D eigenvalue weighted by atomic mass is 9.98. The molecule has 13 heteroatoms. The van der Waals surface area contributed by atoms with E-state index in [4.69, 9.17) is 33.8 Å². The van der Waals surface area contributed by atoms with Crippen LogP contribution in [0.15, 0.2) is 45.3 Å². The van der Waals surface area contributed by atoms with Crippen molar-refractivity contribution in [2.24, 2.45) is 15.9 Å². The number of hydrogen-bond acceptors (Lipinski definition) is 8. The van der Waals surface area contributed by atoms with Gasteiger partial charge in [0.1, 0.15) is 35.5 Å². The first-order chi connectivity index (χ1) is 15.6. The van der Waals surface area contributed by atoms with Gasteiger partial charge in [-0.25, -0.2) is 13.2 Å². The highest BCUT2D eigenvalue weighted by Crippen LogP contribution is 2.36. The summed E-state index contributed by atoms with van der Waals surface area (Å²) in [4.78, 5) is 4.62. The van der Waals surface area contributed by atoms with Gasteiger partial charge < -0.3 is 25.9 Å². The minimum absolute atomic E-state index is 0.216. The molecule has 3 rings (SSSR count). The molecule has 0 radical (unpaired) electrons. The molecule has 5 N–H and O–H groups in total. The van der Waals surface area contributed by atoms with Gasteiger partial charge in [-0.3, -0.25) is 4.99 Å². The van der Waals surface area contributed by atoms with Gasteiger partial charge in [-0.1, -0.05) is 35.0 Å². The third-order valence-electron chi connectivity index (χ3n) is 4.72. The monoisotopic (exact) mass is 523 g/mol. The van der Waals surface area contributed by atoms with E-state index in [1.807, 2.05) is 0 Å². The van der Waals surface area contributed by atoms with Gasteiger partial charge in [-0.05, 0) is 30.3 Å². The molecule has 0 spiro atoms. The molecule has 7 nitrogen and oxygen atoms in total. The summed E-state index contributed by atoms with van der Waals surface area (Å²) in [5, 5.41) is 35.0. The topological polar surface area (TPSA) is 121 Å². The molecule has 2 aromatic carbocycles. The van der Waals surface area contributed by atoms with Gasteiger partial charge in [-0.15, -0.1) is 0 Å². The summed E-state index contributed by atoms with van der Waals surface area (Å²) in [7, 11) is 0. The lowest BCUT2D eigenvalue weighted by molar-refractivity contribution is -0.159. The number of aliphatic imine (C=N–C) groups is 1. The van der Waals surface area contributed by atoms with Crippen molar-refractivity contribution in [3.05, 3.63) is 63.4 Å². The van der Waals surface area contributed by atoms with Crippen molar-refractivity contribution in [3.63, 3.8) is 0 Å². The maximum absolute atomic E-state index is 13.6. The molecule has 3 unspecified atom stereocenters. The van der Waals surface area contributed by atoms with Crippen molar-refractivity contribution in [1.29, 1.82) is 0 Å². The number of benzene rings is 2. The van der Waals surface area contributed by atoms with Crippen LogP contribution in [0.3, 0.4) is 0 Å². The summed E-state index contributed by atoms with van der Waals surface area (Å²) in [6.07, 6.45) is -2.98. The van der Waals surface area contributed by atoms with Gasteiger partial charge in [0.05, 0.1) is 6.61 Å². The zero-order valence-corrected chi connectivity index (χ0v) is 18.9. The SMILES string of the molecule is NN=C(C=NC1C(O)[C@@H](Sc2cc(Cl)cc(Cl)c2)OC(CO)[C@@H]1O)c1cc(F)c(F)c(F)c1. The molecule has 0 bridgehead atoms. The Balaban J connectivity index is 1.87. The van der Waals surface area contributed by atoms with Crippen LogP contribution in [0.5, 0.6) is 0 Å². The predicted molar refractivity (Wildman–Crippen MR) is 119 cm³/mol. The first-order valence-electron chi connectivity index (χ1n) is 9.35. The van der Waals surface area contributed by atoms with Crippen LogP contribution in [0.25, 0.3) is 0 Å². The Labute approximate surface area is 200 Å². The lowest BCUT2D eigenvalue weighted by Gasteiger charge is -2.40. The van der Waals surface area contributed by atoms with Gasteiger partial charge in [-0.2, -0.15) is 5.10 Å². The number of aliphatic hydroxyl groups excluding tert-OH is 3. The number of aliphatic hydroxyl groups is 3. The predicted octanol–water partition coefficient (Wildman–Crippen LogP) is 2.74. The lowest BCUT2D eigenvalue weighted by Crippen LogP contribution is -2.56. The van der Waals surface area contributed by atoms with Crippen LogP contribution in [-0.2, 0) is 4.74 Å². The quantitative estimate of drug-likeness (QED) is 0.200. The molecular formula is C20H18Cl2F3N3O4S. The number of nitrogens with two attached hydrogens (primary N) is 1. The Morgan fingerprint density at radius 1 is 1.06 bits per heavy atom. The molecule has 0 saturated carbocycles. The minimum atomic E-state index is -1.66. The molecule has 0 aliphatic carbocycles. The van der Waals surface area contributed by atoms with Crippen molar-refractivity contribution in [2.45, 2.75) is 34.7 Å². The number of rotatable bonds is 6. The molecule has 5 atom stereocenters. The van der Waals surface area contributed by atoms with Crippen molar-refractivity contribution in [2.75, 3.05) is 6.61 Å². The molecule has 0 aromatic heterocycles. The van der Waals surface area contributed by atoms with Crippen molar-refractivity contribution in [3.8, 4) is 0 Å². The molecular weight excluding hydrogens is 506 g/mol. The van der Waals surface area contributed by atoms with E-state index in [0.717, 1.165) is 18.0 Å². The summed E-state index contributed by atoms with van der Waals surface area (Å²) in [5.74, 6) is 0.708. The molecule has 178 valence electrons. The maximum Gasteiger partial charge on any atom is 0.194 e. The third-order valence-corrected chi connectivity index (χ3v) is 6.29. The van der Waals surface area contributed by atoms with Crippen LogP contribution in [0.2, 0.25) is 10.0 Å². The van der Waals surface area contributed by atoms with E-state index in [9.17, 15) is 28.5 Å². The number of halogens is 5. The highest BCUT2D eigenvalue weighted by molar-refractivity contribution is 7.99. The average Bonchev–Trinajstić information content (AvgIpc) is 2.75. The first kappa shape index (κ1) is 25.8. The van der Waals surface area contributed by atoms with Gasteiger partial charge in [0, 0.05) is 26.7 Å². The molecule has 1 saturated heterocycles. The van der Waals surface area contributed by atoms with E-state index in [1.54, 1.807) is 12.1 Å². The standard InChI is InChI=1S/C20H18Cl2F3N3O4S/c21-9-3-10(22)5-11(4-9)33-20-19(31)17(18(30)15(7-29)32-20)27-6-14(28-26)8-1-12(23)16(25)13(24)2-8/h1-6,15,17-20,29-31H,7,26H2/t15?,17?,18-,19?,20+/m0/s1. The van der Waals surface area contributed by atoms with Crippen LogP contribution in [0.1, 0.15) is 5.56 Å². The summed E-state index contributed by atoms with van der Waals surface area (Å²) in [6, 6.07) is 4.80. The zero-order chi connectivity index (χ0) is 24.3. The molecule has 1 aliphatic rings. The van der Waals surface area contributed by atoms with Crippen LogP contribution in [0, 0.1) is 17.5 Å². The molecule has 1 fully saturated rings. The van der Waals surface area contributed by atoms with Crippen molar-refractivity contribution >= 4 is 46.9 Å². The van der Waals surface area contributed by atoms with E-state index < -0.39 is 53.8 Å². The maximum atomic E-state index is 13.6. The van der Waals surface area contributed by atoms with Gasteiger partial charge in [0.15, 0.2) is 17.5 Å². The fourth-order valence-electron chi connectivity index (χ4n) is 3.11. The van der Waals surface area contributed by atoms with Crippen molar-refractivity contribution in [1.82, 2.24) is 0 Å². The molecule has 2 aromatic rings. The molecule has 0 amide bonds. The summed E-state index contributed by atoms with van der Waals surface area (Å²) in [5.41, 5.74) is -1.46. The first-order valence-corrected chi connectivity index (χ1v) is 11.0. The summed E-state index contributed by atoms with van der Waals surface area (Å²) >= 11 is 13.0. The fraction of sp³-hybridized carbons (Fsp3) is 0.300. The second kappa shape index (κ2) is 11.0.